The van der Waals surface area contributed by atoms with Gasteiger partial charge in [0.2, 0.25) is 0 Å². The molecule has 0 aromatic rings. The first-order chi connectivity index (χ1) is 6.66. The molecule has 2 N–H and O–H groups in total. The first-order valence-electron chi connectivity index (χ1n) is 4.51. The number of thioether (sulfide) groups is 1. The number of amides is 2. The highest BCUT2D eigenvalue weighted by Crippen LogP contribution is 2.16. The third-order valence-electron chi connectivity index (χ3n) is 2.00. The number of nitrogens with zero attached hydrogens (tertiary/aromatic N) is 1. The molecule has 5 nitrogen and oxygen atoms in total. The van der Waals surface area contributed by atoms with Crippen molar-refractivity contribution in [2.45, 2.75) is 13.0 Å². The summed E-state index contributed by atoms with van der Waals surface area (Å²) in [5.41, 5.74) is 0. The maximum Gasteiger partial charge on any atom is 0.327 e. The maximum absolute atomic E-state index is 11.5. The maximum atomic E-state index is 11.5. The number of carbonyl (C=O) groups excluding carboxylic acids is 1. The first kappa shape index (κ1) is 11.2. The highest BCUT2D eigenvalue weighted by atomic mass is 32.2. The summed E-state index contributed by atoms with van der Waals surface area (Å²) in [6.45, 7) is 2.84. The van der Waals surface area contributed by atoms with Crippen LogP contribution in [0.2, 0.25) is 0 Å². The lowest BCUT2D eigenvalue weighted by molar-refractivity contribution is -0.141. The summed E-state index contributed by atoms with van der Waals surface area (Å²) in [6, 6.07) is -0.958. The molecule has 0 bridgehead atoms. The van der Waals surface area contributed by atoms with Gasteiger partial charge in [0.1, 0.15) is 6.04 Å². The van der Waals surface area contributed by atoms with E-state index in [1.165, 1.54) is 4.90 Å². The predicted molar refractivity (Wildman–Crippen MR) is 54.5 cm³/mol. The van der Waals surface area contributed by atoms with Crippen molar-refractivity contribution in [3.8, 4) is 0 Å². The number of carboxylic acid groups (broad SMARTS) is 1. The summed E-state index contributed by atoms with van der Waals surface area (Å²) in [7, 11) is 0. The number of hydrogen-bond donors (Lipinski definition) is 2. The van der Waals surface area contributed by atoms with E-state index in [-0.39, 0.29) is 6.03 Å². The van der Waals surface area contributed by atoms with Crippen molar-refractivity contribution in [1.82, 2.24) is 10.2 Å². The molecule has 1 rings (SSSR count). The quantitative estimate of drug-likeness (QED) is 0.695. The smallest absolute Gasteiger partial charge is 0.327 e. The van der Waals surface area contributed by atoms with Gasteiger partial charge < -0.3 is 15.3 Å². The number of carbonyl (C=O) groups is 2. The van der Waals surface area contributed by atoms with Crippen LogP contribution in [0.25, 0.3) is 0 Å². The molecule has 0 saturated carbocycles. The second-order valence-electron chi connectivity index (χ2n) is 2.96. The highest BCUT2D eigenvalue weighted by molar-refractivity contribution is 7.99. The van der Waals surface area contributed by atoms with Crippen molar-refractivity contribution in [3.05, 3.63) is 0 Å². The van der Waals surface area contributed by atoms with Crippen LogP contribution in [0.15, 0.2) is 0 Å². The lowest BCUT2D eigenvalue weighted by atomic mass is 10.3. The Bertz CT molecular complexity index is 235. The molecule has 0 aromatic heterocycles. The molecule has 6 heteroatoms. The van der Waals surface area contributed by atoms with E-state index in [1.54, 1.807) is 11.8 Å². The predicted octanol–water partition coefficient (Wildman–Crippen LogP) is 0.218. The van der Waals surface area contributed by atoms with Crippen LogP contribution >= 0.6 is 11.8 Å². The van der Waals surface area contributed by atoms with E-state index in [2.05, 4.69) is 5.32 Å². The molecule has 2 amide bonds. The molecule has 1 atom stereocenters. The molecular weight excluding hydrogens is 204 g/mol. The molecule has 1 unspecified atom stereocenters. The number of carboxylic acids is 1. The zero-order valence-corrected chi connectivity index (χ0v) is 8.84. The topological polar surface area (TPSA) is 69.6 Å². The fourth-order valence-electron chi connectivity index (χ4n) is 1.30. The van der Waals surface area contributed by atoms with Crippen molar-refractivity contribution >= 4 is 23.8 Å². The second-order valence-corrected chi connectivity index (χ2v) is 4.11. The van der Waals surface area contributed by atoms with Crippen molar-refractivity contribution in [2.75, 3.05) is 24.6 Å². The molecule has 0 spiro atoms. The molecule has 1 heterocycles. The van der Waals surface area contributed by atoms with Crippen molar-refractivity contribution < 1.29 is 14.7 Å². The zero-order valence-electron chi connectivity index (χ0n) is 8.02. The van der Waals surface area contributed by atoms with Crippen LogP contribution in [0.4, 0.5) is 4.79 Å². The van der Waals surface area contributed by atoms with Gasteiger partial charge in [0, 0.05) is 24.6 Å². The van der Waals surface area contributed by atoms with Gasteiger partial charge >= 0.3 is 12.0 Å². The van der Waals surface area contributed by atoms with Gasteiger partial charge in [0.15, 0.2) is 0 Å². The third kappa shape index (κ3) is 2.54. The van der Waals surface area contributed by atoms with Gasteiger partial charge in [-0.2, -0.15) is 11.8 Å². The average Bonchev–Trinajstić information content (AvgIpc) is 2.18. The van der Waals surface area contributed by atoms with Crippen molar-refractivity contribution in [2.24, 2.45) is 0 Å². The minimum atomic E-state index is -0.927. The van der Waals surface area contributed by atoms with Gasteiger partial charge in [-0.3, -0.25) is 0 Å². The van der Waals surface area contributed by atoms with Gasteiger partial charge in [0.25, 0.3) is 0 Å². The molecule has 14 heavy (non-hydrogen) atoms. The Balaban J connectivity index is 2.62. The number of aliphatic carboxylic acids is 1. The Hall–Kier alpha value is -0.910. The van der Waals surface area contributed by atoms with Gasteiger partial charge in [-0.05, 0) is 6.92 Å². The minimum absolute atomic E-state index is 0.278. The molecule has 1 fully saturated rings. The third-order valence-corrected chi connectivity index (χ3v) is 3.03. The normalized spacial score (nSPS) is 21.8. The zero-order chi connectivity index (χ0) is 10.6. The lowest BCUT2D eigenvalue weighted by Crippen LogP contribution is -2.53. The fraction of sp³-hybridized carbons (Fsp3) is 0.750. The first-order valence-corrected chi connectivity index (χ1v) is 5.67. The minimum Gasteiger partial charge on any atom is -0.480 e. The van der Waals surface area contributed by atoms with Crippen molar-refractivity contribution in [1.29, 1.82) is 0 Å². The van der Waals surface area contributed by atoms with Crippen LogP contribution in [0, 0.1) is 0 Å². The van der Waals surface area contributed by atoms with Crippen molar-refractivity contribution in [3.63, 3.8) is 0 Å². The monoisotopic (exact) mass is 218 g/mol. The standard InChI is InChI=1S/C8H14N2O3S/c1-2-9-8(13)10-3-4-14-5-6(10)7(11)12/h6H,2-5H2,1H3,(H,9,13)(H,11,12). The Morgan fingerprint density at radius 2 is 2.36 bits per heavy atom. The summed E-state index contributed by atoms with van der Waals surface area (Å²) in [6.07, 6.45) is 0. The van der Waals surface area contributed by atoms with Crippen LogP contribution in [-0.2, 0) is 4.79 Å². The van der Waals surface area contributed by atoms with E-state index in [0.29, 0.717) is 18.8 Å². The Morgan fingerprint density at radius 3 is 2.93 bits per heavy atom. The van der Waals surface area contributed by atoms with Gasteiger partial charge in [0.05, 0.1) is 0 Å². The number of urea groups is 1. The Kier molecular flexibility index (Phi) is 4.06. The van der Waals surface area contributed by atoms with Crippen LogP contribution in [0.5, 0.6) is 0 Å². The number of hydrogen-bond acceptors (Lipinski definition) is 3. The Labute approximate surface area is 86.8 Å². The van der Waals surface area contributed by atoms with E-state index in [4.69, 9.17) is 5.11 Å². The van der Waals surface area contributed by atoms with Gasteiger partial charge in [-0.25, -0.2) is 9.59 Å². The van der Waals surface area contributed by atoms with Gasteiger partial charge in [-0.1, -0.05) is 0 Å². The molecule has 80 valence electrons. The van der Waals surface area contributed by atoms with Crippen LogP contribution in [0.3, 0.4) is 0 Å². The molecule has 1 aliphatic heterocycles. The molecule has 1 saturated heterocycles. The second kappa shape index (κ2) is 5.09. The molecular formula is C8H14N2O3S. The highest BCUT2D eigenvalue weighted by Gasteiger charge is 2.31. The molecule has 0 radical (unpaired) electrons. The van der Waals surface area contributed by atoms with Crippen LogP contribution in [-0.4, -0.2) is 52.6 Å². The summed E-state index contributed by atoms with van der Waals surface area (Å²) < 4.78 is 0. The van der Waals surface area contributed by atoms with E-state index >= 15 is 0 Å². The lowest BCUT2D eigenvalue weighted by Gasteiger charge is -2.32. The van der Waals surface area contributed by atoms with E-state index < -0.39 is 12.0 Å². The molecule has 1 aliphatic rings. The van der Waals surface area contributed by atoms with Crippen LogP contribution < -0.4 is 5.32 Å². The Morgan fingerprint density at radius 1 is 1.64 bits per heavy atom. The average molecular weight is 218 g/mol. The van der Waals surface area contributed by atoms with E-state index in [9.17, 15) is 9.59 Å². The summed E-state index contributed by atoms with van der Waals surface area (Å²) in [4.78, 5) is 23.7. The summed E-state index contributed by atoms with van der Waals surface area (Å²) in [5, 5.41) is 11.5. The summed E-state index contributed by atoms with van der Waals surface area (Å²) in [5.74, 6) is 0.358. The number of rotatable bonds is 2. The van der Waals surface area contributed by atoms with Crippen LogP contribution in [0.1, 0.15) is 6.92 Å². The van der Waals surface area contributed by atoms with E-state index in [0.717, 1.165) is 5.75 Å². The SMILES string of the molecule is CCNC(=O)N1CCSCC1C(=O)O. The summed E-state index contributed by atoms with van der Waals surface area (Å²) >= 11 is 1.57. The van der Waals surface area contributed by atoms with E-state index in [1.807, 2.05) is 6.92 Å². The molecule has 0 aromatic carbocycles. The van der Waals surface area contributed by atoms with Gasteiger partial charge in [-0.15, -0.1) is 0 Å². The molecule has 0 aliphatic carbocycles. The number of nitrogens with one attached hydrogen (secondary N) is 1. The fourth-order valence-corrected chi connectivity index (χ4v) is 2.34. The largest absolute Gasteiger partial charge is 0.480 e.